The van der Waals surface area contributed by atoms with E-state index in [0.29, 0.717) is 35.5 Å². The van der Waals surface area contributed by atoms with E-state index in [1.54, 1.807) is 37.3 Å². The molecule has 0 aliphatic heterocycles. The quantitative estimate of drug-likeness (QED) is 0.735. The Morgan fingerprint density at radius 3 is 2.50 bits per heavy atom. The summed E-state index contributed by atoms with van der Waals surface area (Å²) in [6.45, 7) is 3.92. The average molecular weight is 382 g/mol. The lowest BCUT2D eigenvalue weighted by Gasteiger charge is -2.23. The molecule has 2 N–H and O–H groups in total. The van der Waals surface area contributed by atoms with Crippen molar-refractivity contribution in [2.75, 3.05) is 17.2 Å². The number of aromatic nitrogens is 2. The van der Waals surface area contributed by atoms with Crippen LogP contribution in [0.2, 0.25) is 0 Å². The summed E-state index contributed by atoms with van der Waals surface area (Å²) >= 11 is 0. The van der Waals surface area contributed by atoms with Crippen molar-refractivity contribution in [2.24, 2.45) is 0 Å². The molecule has 1 aromatic heterocycles. The first-order chi connectivity index (χ1) is 13.5. The van der Waals surface area contributed by atoms with Crippen molar-refractivity contribution in [3.63, 3.8) is 0 Å². The number of esters is 1. The highest BCUT2D eigenvalue weighted by Crippen LogP contribution is 2.20. The van der Waals surface area contributed by atoms with Crippen LogP contribution >= 0.6 is 0 Å². The van der Waals surface area contributed by atoms with Crippen molar-refractivity contribution in [1.82, 2.24) is 9.97 Å². The van der Waals surface area contributed by atoms with Crippen molar-refractivity contribution in [2.45, 2.75) is 52.0 Å². The Bertz CT molecular complexity index is 830. The van der Waals surface area contributed by atoms with E-state index < -0.39 is 0 Å². The second-order valence-electron chi connectivity index (χ2n) is 6.95. The van der Waals surface area contributed by atoms with Gasteiger partial charge in [0, 0.05) is 17.4 Å². The van der Waals surface area contributed by atoms with Crippen LogP contribution in [0.25, 0.3) is 0 Å². The summed E-state index contributed by atoms with van der Waals surface area (Å²) in [4.78, 5) is 33.1. The molecule has 1 aliphatic carbocycles. The standard InChI is InChI=1S/C21H26N4O3/c1-3-28-20(27)15-9-11-17(12-10-15)23-19(26)18-13-14(2)22-21(25-18)24-16-7-5-4-6-8-16/h9-13,16H,3-8H2,1-2H3,(H,23,26)(H,22,24,25). The summed E-state index contributed by atoms with van der Waals surface area (Å²) < 4.78 is 4.96. The zero-order valence-corrected chi connectivity index (χ0v) is 16.3. The Labute approximate surface area is 164 Å². The molecule has 7 nitrogen and oxygen atoms in total. The Morgan fingerprint density at radius 1 is 1.11 bits per heavy atom. The van der Waals surface area contributed by atoms with Gasteiger partial charge in [-0.3, -0.25) is 4.79 Å². The molecule has 3 rings (SSSR count). The summed E-state index contributed by atoms with van der Waals surface area (Å²) in [6.07, 6.45) is 5.89. The molecule has 0 spiro atoms. The first kappa shape index (κ1) is 19.8. The number of nitrogens with zero attached hydrogens (tertiary/aromatic N) is 2. The third-order valence-corrected chi connectivity index (χ3v) is 4.68. The molecule has 2 aromatic rings. The van der Waals surface area contributed by atoms with E-state index in [-0.39, 0.29) is 11.9 Å². The molecule has 0 bridgehead atoms. The van der Waals surface area contributed by atoms with Gasteiger partial charge in [0.15, 0.2) is 0 Å². The predicted molar refractivity (Wildman–Crippen MR) is 108 cm³/mol. The second kappa shape index (κ2) is 9.30. The molecular formula is C21H26N4O3. The van der Waals surface area contributed by atoms with Gasteiger partial charge in [0.25, 0.3) is 5.91 Å². The van der Waals surface area contributed by atoms with Crippen LogP contribution in [0.5, 0.6) is 0 Å². The number of anilines is 2. The van der Waals surface area contributed by atoms with E-state index in [1.165, 1.54) is 19.3 Å². The highest BCUT2D eigenvalue weighted by molar-refractivity contribution is 6.03. The number of amides is 1. The molecule has 0 atom stereocenters. The van der Waals surface area contributed by atoms with Gasteiger partial charge in [0.05, 0.1) is 12.2 Å². The van der Waals surface area contributed by atoms with Gasteiger partial charge in [-0.2, -0.15) is 0 Å². The molecule has 0 radical (unpaired) electrons. The maximum atomic E-state index is 12.6. The smallest absolute Gasteiger partial charge is 0.338 e. The monoisotopic (exact) mass is 382 g/mol. The van der Waals surface area contributed by atoms with Crippen LogP contribution in [0.1, 0.15) is 65.6 Å². The molecular weight excluding hydrogens is 356 g/mol. The number of aryl methyl sites for hydroxylation is 1. The molecule has 0 saturated heterocycles. The minimum absolute atomic E-state index is 0.306. The lowest BCUT2D eigenvalue weighted by Crippen LogP contribution is -2.24. The van der Waals surface area contributed by atoms with Gasteiger partial charge in [-0.1, -0.05) is 19.3 Å². The van der Waals surface area contributed by atoms with E-state index in [4.69, 9.17) is 4.74 Å². The first-order valence-corrected chi connectivity index (χ1v) is 9.76. The van der Waals surface area contributed by atoms with E-state index in [1.807, 2.05) is 6.92 Å². The molecule has 28 heavy (non-hydrogen) atoms. The summed E-state index contributed by atoms with van der Waals surface area (Å²) in [5.41, 5.74) is 2.06. The fourth-order valence-corrected chi connectivity index (χ4v) is 3.28. The van der Waals surface area contributed by atoms with Gasteiger partial charge < -0.3 is 15.4 Å². The number of nitrogens with one attached hydrogen (secondary N) is 2. The molecule has 1 fully saturated rings. The minimum Gasteiger partial charge on any atom is -0.462 e. The maximum absolute atomic E-state index is 12.6. The predicted octanol–water partition coefficient (Wildman–Crippen LogP) is 3.96. The van der Waals surface area contributed by atoms with E-state index >= 15 is 0 Å². The lowest BCUT2D eigenvalue weighted by molar-refractivity contribution is 0.0526. The second-order valence-corrected chi connectivity index (χ2v) is 6.95. The Balaban J connectivity index is 1.67. The highest BCUT2D eigenvalue weighted by Gasteiger charge is 2.16. The number of hydrogen-bond donors (Lipinski definition) is 2. The molecule has 7 heteroatoms. The summed E-state index contributed by atoms with van der Waals surface area (Å²) in [5.74, 6) is -0.207. The third-order valence-electron chi connectivity index (χ3n) is 4.68. The Hall–Kier alpha value is -2.96. The number of carbonyl (C=O) groups excluding carboxylic acids is 2. The van der Waals surface area contributed by atoms with Crippen molar-refractivity contribution in [3.05, 3.63) is 47.3 Å². The van der Waals surface area contributed by atoms with Crippen LogP contribution in [0.3, 0.4) is 0 Å². The topological polar surface area (TPSA) is 93.2 Å². The number of rotatable bonds is 6. The fraction of sp³-hybridized carbons (Fsp3) is 0.429. The van der Waals surface area contributed by atoms with Gasteiger partial charge in [0.2, 0.25) is 5.95 Å². The van der Waals surface area contributed by atoms with E-state index in [2.05, 4.69) is 20.6 Å². The largest absolute Gasteiger partial charge is 0.462 e. The van der Waals surface area contributed by atoms with Gasteiger partial charge >= 0.3 is 5.97 Å². The SMILES string of the molecule is CCOC(=O)c1ccc(NC(=O)c2cc(C)nc(NC3CCCCC3)n2)cc1. The number of hydrogen-bond acceptors (Lipinski definition) is 6. The van der Waals surface area contributed by atoms with Crippen molar-refractivity contribution in [1.29, 1.82) is 0 Å². The Kier molecular flexibility index (Phi) is 6.57. The van der Waals surface area contributed by atoms with Crippen LogP contribution in [0.4, 0.5) is 11.6 Å². The van der Waals surface area contributed by atoms with Crippen LogP contribution < -0.4 is 10.6 Å². The lowest BCUT2D eigenvalue weighted by atomic mass is 9.96. The van der Waals surface area contributed by atoms with Crippen LogP contribution in [0, 0.1) is 6.92 Å². The van der Waals surface area contributed by atoms with Gasteiger partial charge in [0.1, 0.15) is 5.69 Å². The van der Waals surface area contributed by atoms with E-state index in [9.17, 15) is 9.59 Å². The molecule has 0 unspecified atom stereocenters. The Morgan fingerprint density at radius 2 is 1.82 bits per heavy atom. The van der Waals surface area contributed by atoms with Crippen molar-refractivity contribution >= 4 is 23.5 Å². The molecule has 1 aromatic carbocycles. The van der Waals surface area contributed by atoms with Gasteiger partial charge in [-0.15, -0.1) is 0 Å². The maximum Gasteiger partial charge on any atom is 0.338 e. The molecule has 1 saturated carbocycles. The zero-order chi connectivity index (χ0) is 19.9. The molecule has 1 aliphatic rings. The first-order valence-electron chi connectivity index (χ1n) is 9.76. The normalized spacial score (nSPS) is 14.4. The third kappa shape index (κ3) is 5.28. The summed E-state index contributed by atoms with van der Waals surface area (Å²) in [5, 5.41) is 6.16. The minimum atomic E-state index is -0.384. The summed E-state index contributed by atoms with van der Waals surface area (Å²) in [6, 6.07) is 8.60. The summed E-state index contributed by atoms with van der Waals surface area (Å²) in [7, 11) is 0. The number of ether oxygens (including phenoxy) is 1. The number of carbonyl (C=O) groups is 2. The highest BCUT2D eigenvalue weighted by atomic mass is 16.5. The van der Waals surface area contributed by atoms with Crippen LogP contribution in [0.15, 0.2) is 30.3 Å². The van der Waals surface area contributed by atoms with Gasteiger partial charge in [-0.05, 0) is 57.0 Å². The van der Waals surface area contributed by atoms with Gasteiger partial charge in [-0.25, -0.2) is 14.8 Å². The molecule has 148 valence electrons. The van der Waals surface area contributed by atoms with Crippen LogP contribution in [-0.4, -0.2) is 34.5 Å². The molecule has 1 heterocycles. The van der Waals surface area contributed by atoms with Crippen LogP contribution in [-0.2, 0) is 4.74 Å². The van der Waals surface area contributed by atoms with Crippen molar-refractivity contribution < 1.29 is 14.3 Å². The van der Waals surface area contributed by atoms with E-state index in [0.717, 1.165) is 18.5 Å². The number of benzene rings is 1. The zero-order valence-electron chi connectivity index (χ0n) is 16.3. The molecule has 1 amide bonds. The average Bonchev–Trinajstić information content (AvgIpc) is 2.69. The van der Waals surface area contributed by atoms with Crippen molar-refractivity contribution in [3.8, 4) is 0 Å². The fourth-order valence-electron chi connectivity index (χ4n) is 3.28.